The van der Waals surface area contributed by atoms with Crippen LogP contribution in [0.1, 0.15) is 11.1 Å². The van der Waals surface area contributed by atoms with E-state index in [-0.39, 0.29) is 6.79 Å². The molecule has 2 aromatic heterocycles. The Morgan fingerprint density at radius 3 is 3.00 bits per heavy atom. The van der Waals surface area contributed by atoms with Crippen LogP contribution in [0.15, 0.2) is 48.1 Å². The molecule has 1 aliphatic rings. The van der Waals surface area contributed by atoms with Crippen LogP contribution in [0.3, 0.4) is 0 Å². The first-order valence-electron chi connectivity index (χ1n) is 7.28. The Bertz CT molecular complexity index is 916. The summed E-state index contributed by atoms with van der Waals surface area (Å²) in [6.45, 7) is 0.608. The van der Waals surface area contributed by atoms with Crippen LogP contribution >= 0.6 is 11.3 Å². The average molecular weight is 336 g/mol. The highest BCUT2D eigenvalue weighted by Gasteiger charge is 2.18. The molecule has 24 heavy (non-hydrogen) atoms. The minimum atomic E-state index is 0.229. The van der Waals surface area contributed by atoms with Crippen LogP contribution in [0.4, 0.5) is 0 Å². The number of hydrogen-bond acceptors (Lipinski definition) is 6. The molecule has 0 atom stereocenters. The zero-order valence-electron chi connectivity index (χ0n) is 12.6. The molecule has 0 saturated carbocycles. The van der Waals surface area contributed by atoms with E-state index in [0.717, 1.165) is 22.4 Å². The Balaban J connectivity index is 1.61. The van der Waals surface area contributed by atoms with Gasteiger partial charge in [0.15, 0.2) is 16.6 Å². The summed E-state index contributed by atoms with van der Waals surface area (Å²) >= 11 is 1.41. The fraction of sp³-hybridized carbons (Fsp3) is 0.111. The van der Waals surface area contributed by atoms with E-state index in [1.54, 1.807) is 12.4 Å². The van der Waals surface area contributed by atoms with E-state index < -0.39 is 0 Å². The van der Waals surface area contributed by atoms with E-state index in [1.165, 1.54) is 11.3 Å². The first-order valence-corrected chi connectivity index (χ1v) is 8.16. The highest BCUT2D eigenvalue weighted by atomic mass is 32.1. The van der Waals surface area contributed by atoms with Crippen molar-refractivity contribution in [2.75, 3.05) is 6.79 Å². The lowest BCUT2D eigenvalue weighted by Gasteiger charge is -2.05. The van der Waals surface area contributed by atoms with Crippen molar-refractivity contribution in [3.63, 3.8) is 0 Å². The maximum Gasteiger partial charge on any atom is 0.231 e. The van der Waals surface area contributed by atoms with Crippen LogP contribution in [0.25, 0.3) is 11.1 Å². The summed E-state index contributed by atoms with van der Waals surface area (Å²) < 4.78 is 16.5. The SMILES string of the molecule is N#Cc1c(-c2ccc3c(c2)OCO3)csc1OCc1cccnc1. The molecule has 1 aliphatic heterocycles. The Morgan fingerprint density at radius 1 is 1.25 bits per heavy atom. The number of ether oxygens (including phenoxy) is 3. The van der Waals surface area contributed by atoms with Crippen LogP contribution in [-0.4, -0.2) is 11.8 Å². The summed E-state index contributed by atoms with van der Waals surface area (Å²) in [6.07, 6.45) is 3.46. The number of nitriles is 1. The first-order chi connectivity index (χ1) is 11.8. The van der Waals surface area contributed by atoms with E-state index in [9.17, 15) is 5.26 Å². The second-order valence-electron chi connectivity index (χ2n) is 5.14. The first kappa shape index (κ1) is 14.5. The molecular formula is C18H12N2O3S. The van der Waals surface area contributed by atoms with Crippen LogP contribution in [0.2, 0.25) is 0 Å². The Labute approximate surface area is 142 Å². The lowest BCUT2D eigenvalue weighted by molar-refractivity contribution is 0.174. The zero-order valence-corrected chi connectivity index (χ0v) is 13.4. The Hall–Kier alpha value is -3.04. The van der Waals surface area contributed by atoms with Gasteiger partial charge in [0.1, 0.15) is 18.2 Å². The molecule has 0 aliphatic carbocycles. The van der Waals surface area contributed by atoms with Crippen molar-refractivity contribution in [3.8, 4) is 33.8 Å². The maximum atomic E-state index is 9.55. The summed E-state index contributed by atoms with van der Waals surface area (Å²) in [5.41, 5.74) is 3.23. The van der Waals surface area contributed by atoms with Crippen molar-refractivity contribution in [1.29, 1.82) is 5.26 Å². The van der Waals surface area contributed by atoms with E-state index >= 15 is 0 Å². The highest BCUT2D eigenvalue weighted by Crippen LogP contribution is 2.41. The molecule has 3 aromatic rings. The number of nitrogens with zero attached hydrogens (tertiary/aromatic N) is 2. The zero-order chi connectivity index (χ0) is 16.4. The lowest BCUT2D eigenvalue weighted by atomic mass is 10.0. The lowest BCUT2D eigenvalue weighted by Crippen LogP contribution is -1.95. The van der Waals surface area contributed by atoms with Gasteiger partial charge in [-0.2, -0.15) is 5.26 Å². The molecule has 0 fully saturated rings. The van der Waals surface area contributed by atoms with Gasteiger partial charge in [0.05, 0.1) is 0 Å². The number of hydrogen-bond donors (Lipinski definition) is 0. The molecule has 6 heteroatoms. The average Bonchev–Trinajstić information content (AvgIpc) is 3.26. The van der Waals surface area contributed by atoms with Gasteiger partial charge in [-0.1, -0.05) is 12.1 Å². The monoisotopic (exact) mass is 336 g/mol. The van der Waals surface area contributed by atoms with E-state index in [1.807, 2.05) is 35.7 Å². The quantitative estimate of drug-likeness (QED) is 0.721. The van der Waals surface area contributed by atoms with Gasteiger partial charge in [0.2, 0.25) is 6.79 Å². The maximum absolute atomic E-state index is 9.55. The number of aromatic nitrogens is 1. The van der Waals surface area contributed by atoms with Crippen LogP contribution in [0.5, 0.6) is 16.6 Å². The third-order valence-corrected chi connectivity index (χ3v) is 4.53. The van der Waals surface area contributed by atoms with E-state index in [0.29, 0.717) is 23.0 Å². The highest BCUT2D eigenvalue weighted by molar-refractivity contribution is 7.12. The summed E-state index contributed by atoms with van der Waals surface area (Å²) in [5.74, 6) is 1.42. The molecule has 0 bridgehead atoms. The van der Waals surface area contributed by atoms with Crippen LogP contribution in [0, 0.1) is 11.3 Å². The van der Waals surface area contributed by atoms with Crippen molar-refractivity contribution in [2.45, 2.75) is 6.61 Å². The summed E-state index contributed by atoms with van der Waals surface area (Å²) in [6, 6.07) is 11.7. The molecule has 118 valence electrons. The van der Waals surface area contributed by atoms with Crippen molar-refractivity contribution in [3.05, 3.63) is 59.2 Å². The van der Waals surface area contributed by atoms with E-state index in [2.05, 4.69) is 11.1 Å². The summed E-state index contributed by atoms with van der Waals surface area (Å²) in [5, 5.41) is 12.1. The molecule has 0 spiro atoms. The fourth-order valence-corrected chi connectivity index (χ4v) is 3.34. The van der Waals surface area contributed by atoms with Crippen LogP contribution < -0.4 is 14.2 Å². The third-order valence-electron chi connectivity index (χ3n) is 3.65. The molecular weight excluding hydrogens is 324 g/mol. The van der Waals surface area contributed by atoms with Crippen molar-refractivity contribution >= 4 is 11.3 Å². The number of fused-ring (bicyclic) bond motifs is 1. The molecule has 0 N–H and O–H groups in total. The number of benzene rings is 1. The molecule has 3 heterocycles. The van der Waals surface area contributed by atoms with Crippen molar-refractivity contribution in [2.24, 2.45) is 0 Å². The van der Waals surface area contributed by atoms with Crippen molar-refractivity contribution in [1.82, 2.24) is 4.98 Å². The van der Waals surface area contributed by atoms with Crippen LogP contribution in [-0.2, 0) is 6.61 Å². The second kappa shape index (κ2) is 6.22. The third kappa shape index (κ3) is 2.66. The predicted octanol–water partition coefficient (Wildman–Crippen LogP) is 3.99. The summed E-state index contributed by atoms with van der Waals surface area (Å²) in [7, 11) is 0. The molecule has 4 rings (SSSR count). The number of pyridine rings is 1. The van der Waals surface area contributed by atoms with Gasteiger partial charge in [0, 0.05) is 28.9 Å². The number of thiophene rings is 1. The van der Waals surface area contributed by atoms with Crippen molar-refractivity contribution < 1.29 is 14.2 Å². The van der Waals surface area contributed by atoms with Gasteiger partial charge in [-0.05, 0) is 23.8 Å². The standard InChI is InChI=1S/C18H12N2O3S/c19-7-14-15(13-3-4-16-17(6-13)23-11-22-16)10-24-18(14)21-9-12-2-1-5-20-8-12/h1-6,8,10H,9,11H2. The summed E-state index contributed by atoms with van der Waals surface area (Å²) in [4.78, 5) is 4.06. The normalized spacial score (nSPS) is 12.0. The fourth-order valence-electron chi connectivity index (χ4n) is 2.46. The second-order valence-corrected chi connectivity index (χ2v) is 5.98. The predicted molar refractivity (Wildman–Crippen MR) is 89.2 cm³/mol. The molecule has 0 unspecified atom stereocenters. The van der Waals surface area contributed by atoms with Gasteiger partial charge in [0.25, 0.3) is 0 Å². The van der Waals surface area contributed by atoms with Gasteiger partial charge in [-0.3, -0.25) is 4.98 Å². The van der Waals surface area contributed by atoms with E-state index in [4.69, 9.17) is 14.2 Å². The minimum Gasteiger partial charge on any atom is -0.478 e. The molecule has 0 saturated heterocycles. The van der Waals surface area contributed by atoms with Gasteiger partial charge in [-0.25, -0.2) is 0 Å². The Morgan fingerprint density at radius 2 is 2.17 bits per heavy atom. The molecule has 1 aromatic carbocycles. The minimum absolute atomic E-state index is 0.229. The smallest absolute Gasteiger partial charge is 0.231 e. The molecule has 5 nitrogen and oxygen atoms in total. The Kier molecular flexibility index (Phi) is 3.77. The van der Waals surface area contributed by atoms with Gasteiger partial charge >= 0.3 is 0 Å². The van der Waals surface area contributed by atoms with Gasteiger partial charge in [-0.15, -0.1) is 11.3 Å². The molecule has 0 amide bonds. The van der Waals surface area contributed by atoms with Gasteiger partial charge < -0.3 is 14.2 Å². The number of rotatable bonds is 4. The molecule has 0 radical (unpaired) electrons. The largest absolute Gasteiger partial charge is 0.478 e. The topological polar surface area (TPSA) is 64.4 Å².